The Morgan fingerprint density at radius 2 is 1.00 bits per heavy atom. The van der Waals surface area contributed by atoms with Gasteiger partial charge in [-0.25, -0.2) is 9.98 Å². The van der Waals surface area contributed by atoms with Crippen LogP contribution in [0.1, 0.15) is 16.7 Å². The van der Waals surface area contributed by atoms with Crippen molar-refractivity contribution in [2.75, 3.05) is 0 Å². The summed E-state index contributed by atoms with van der Waals surface area (Å²) in [5.74, 6) is 1.14. The van der Waals surface area contributed by atoms with Crippen LogP contribution in [0.3, 0.4) is 0 Å². The zero-order valence-electron chi connectivity index (χ0n) is 32.0. The van der Waals surface area contributed by atoms with Crippen molar-refractivity contribution in [3.63, 3.8) is 0 Å². The van der Waals surface area contributed by atoms with Crippen molar-refractivity contribution in [2.45, 2.75) is 6.54 Å². The van der Waals surface area contributed by atoms with Crippen molar-refractivity contribution in [1.29, 1.82) is 0 Å². The van der Waals surface area contributed by atoms with E-state index in [-0.39, 0.29) is 0 Å². The van der Waals surface area contributed by atoms with E-state index in [0.717, 1.165) is 44.2 Å². The molecular weight excluding hydrogens is 719 g/mol. The van der Waals surface area contributed by atoms with Crippen LogP contribution in [0, 0.1) is 0 Å². The average Bonchev–Trinajstić information content (AvgIpc) is 3.95. The largest absolute Gasteiger partial charge is 0.309 e. The molecule has 0 saturated carbocycles. The first-order valence-corrected chi connectivity index (χ1v) is 20.0. The molecule has 0 aliphatic carbocycles. The van der Waals surface area contributed by atoms with Gasteiger partial charge in [-0.2, -0.15) is 0 Å². The highest BCUT2D eigenvalue weighted by molar-refractivity contribution is 6.31. The second-order valence-electron chi connectivity index (χ2n) is 15.2. The molecule has 12 aromatic rings. The van der Waals surface area contributed by atoms with E-state index in [0.29, 0.717) is 18.2 Å². The monoisotopic (exact) mass is 753 g/mol. The van der Waals surface area contributed by atoms with Crippen molar-refractivity contribution < 1.29 is 0 Å². The van der Waals surface area contributed by atoms with E-state index in [1.165, 1.54) is 59.6 Å². The highest BCUT2D eigenvalue weighted by atomic mass is 15.0. The molecule has 5 nitrogen and oxygen atoms in total. The molecule has 0 N–H and O–H groups in total. The molecule has 0 aliphatic rings. The van der Waals surface area contributed by atoms with Gasteiger partial charge in [-0.05, 0) is 53.4 Å². The number of rotatable bonds is 5. The van der Waals surface area contributed by atoms with E-state index in [4.69, 9.17) is 9.98 Å². The number of fused-ring (bicyclic) bond motifs is 13. The van der Waals surface area contributed by atoms with Gasteiger partial charge in [0.25, 0.3) is 0 Å². The molecule has 59 heavy (non-hydrogen) atoms. The third kappa shape index (κ3) is 4.95. The Balaban J connectivity index is 1.08. The van der Waals surface area contributed by atoms with E-state index in [9.17, 15) is 0 Å². The summed E-state index contributed by atoms with van der Waals surface area (Å²) in [6, 6.07) is 66.9. The van der Waals surface area contributed by atoms with Crippen LogP contribution in [0.4, 0.5) is 0 Å². The molecule has 0 atom stereocenters. The molecule has 3 aromatic heterocycles. The summed E-state index contributed by atoms with van der Waals surface area (Å²) in [4.78, 5) is 14.7. The molecule has 0 saturated heterocycles. The fourth-order valence-corrected chi connectivity index (χ4v) is 9.53. The number of amidine groups is 2. The number of hydrogen-bond donors (Lipinski definition) is 0. The number of aromatic nitrogens is 2. The highest BCUT2D eigenvalue weighted by Gasteiger charge is 2.22. The number of benzene rings is 9. The normalized spacial score (nSPS) is 12.7. The lowest BCUT2D eigenvalue weighted by molar-refractivity contribution is 1.06. The van der Waals surface area contributed by atoms with Crippen LogP contribution in [0.5, 0.6) is 0 Å². The van der Waals surface area contributed by atoms with E-state index < -0.39 is 0 Å². The first kappa shape index (κ1) is 33.3. The molecule has 9 aromatic carbocycles. The minimum Gasteiger partial charge on any atom is -0.309 e. The smallest absolute Gasteiger partial charge is 0.161 e. The molecule has 0 radical (unpaired) electrons. The fourth-order valence-electron chi connectivity index (χ4n) is 9.53. The molecule has 12 rings (SSSR count). The molecule has 0 bridgehead atoms. The van der Waals surface area contributed by atoms with Crippen molar-refractivity contribution in [2.24, 2.45) is 15.0 Å². The molecule has 0 aliphatic heterocycles. The summed E-state index contributed by atoms with van der Waals surface area (Å²) in [6.07, 6.45) is 0. The molecule has 276 valence electrons. The zero-order chi connectivity index (χ0) is 39.0. The van der Waals surface area contributed by atoms with Crippen molar-refractivity contribution in [3.05, 3.63) is 205 Å². The number of hydrogen-bond acceptors (Lipinski definition) is 1. The van der Waals surface area contributed by atoms with Crippen LogP contribution >= 0.6 is 0 Å². The molecular formula is C54H35N5. The van der Waals surface area contributed by atoms with Gasteiger partial charge in [0.2, 0.25) is 0 Å². The third-order valence-corrected chi connectivity index (χ3v) is 12.0. The van der Waals surface area contributed by atoms with Gasteiger partial charge in [0.1, 0.15) is 0 Å². The van der Waals surface area contributed by atoms with Crippen molar-refractivity contribution >= 4 is 99.8 Å². The number of nitrogens with zero attached hydrogens (tertiary/aromatic N) is 5. The Morgan fingerprint density at radius 1 is 0.424 bits per heavy atom. The second-order valence-corrected chi connectivity index (χ2v) is 15.2. The molecule has 0 fully saturated rings. The first-order chi connectivity index (χ1) is 29.3. The van der Waals surface area contributed by atoms with E-state index in [2.05, 4.69) is 160 Å². The van der Waals surface area contributed by atoms with Crippen molar-refractivity contribution in [3.8, 4) is 5.69 Å². The van der Waals surface area contributed by atoms with Gasteiger partial charge in [0.15, 0.2) is 11.7 Å². The summed E-state index contributed by atoms with van der Waals surface area (Å²) >= 11 is 0. The van der Waals surface area contributed by atoms with E-state index in [1.807, 2.05) is 48.5 Å². The van der Waals surface area contributed by atoms with Gasteiger partial charge in [0.05, 0.1) is 39.8 Å². The Hall–Kier alpha value is -7.89. The summed E-state index contributed by atoms with van der Waals surface area (Å²) in [7, 11) is 0. The number of para-hydroxylation sites is 3. The van der Waals surface area contributed by atoms with Crippen LogP contribution in [-0.4, -0.2) is 27.4 Å². The Morgan fingerprint density at radius 3 is 1.78 bits per heavy atom. The molecule has 0 spiro atoms. The SMILES string of the molecule is C=NC(=NC(=NCc1ccccc1)c1ccccc1)c1ccc(-n2c3ccccc3c3c4ccc5c6cccc7c8ccccc8n(c5c4ccc32)c76)c2ccccc12. The van der Waals surface area contributed by atoms with Gasteiger partial charge in [-0.3, -0.25) is 4.99 Å². The predicted molar refractivity (Wildman–Crippen MR) is 250 cm³/mol. The van der Waals surface area contributed by atoms with Gasteiger partial charge in [-0.1, -0.05) is 158 Å². The minimum atomic E-state index is 0.503. The molecule has 5 heteroatoms. The van der Waals surface area contributed by atoms with Crippen LogP contribution in [0.25, 0.3) is 87.1 Å². The van der Waals surface area contributed by atoms with E-state index in [1.54, 1.807) is 0 Å². The highest BCUT2D eigenvalue weighted by Crippen LogP contribution is 2.45. The van der Waals surface area contributed by atoms with Crippen LogP contribution < -0.4 is 0 Å². The van der Waals surface area contributed by atoms with Gasteiger partial charge in [0, 0.05) is 54.2 Å². The zero-order valence-corrected chi connectivity index (χ0v) is 32.0. The second kappa shape index (κ2) is 13.1. The first-order valence-electron chi connectivity index (χ1n) is 20.0. The fraction of sp³-hybridized carbons (Fsp3) is 0.0185. The topological polar surface area (TPSA) is 46.4 Å². The maximum atomic E-state index is 5.13. The van der Waals surface area contributed by atoms with Crippen LogP contribution in [-0.2, 0) is 6.54 Å². The van der Waals surface area contributed by atoms with Gasteiger partial charge >= 0.3 is 0 Å². The maximum absolute atomic E-state index is 5.13. The quantitative estimate of drug-likeness (QED) is 0.124. The molecule has 0 amide bonds. The van der Waals surface area contributed by atoms with E-state index >= 15 is 0 Å². The Bertz CT molecular complexity index is 3700. The van der Waals surface area contributed by atoms with Crippen LogP contribution in [0.2, 0.25) is 0 Å². The predicted octanol–water partition coefficient (Wildman–Crippen LogP) is 13.3. The maximum Gasteiger partial charge on any atom is 0.161 e. The Kier molecular flexibility index (Phi) is 7.38. The lowest BCUT2D eigenvalue weighted by Gasteiger charge is -2.15. The Labute approximate surface area is 339 Å². The lowest BCUT2D eigenvalue weighted by Crippen LogP contribution is -2.07. The average molecular weight is 754 g/mol. The number of aliphatic imine (C=N–C) groups is 3. The standard InChI is InChI=1S/C54H35N5/c1-55-54(57-53(35-17-6-3-7-18-35)56-33-34-15-4-2-5-16-34)44-30-31-48(37-20-9-8-19-36(37)44)58-47-26-13-11-22-45(47)50-39-27-28-43-41-24-14-23-40-38-21-10-12-25-46(38)59(51(40)41)52(43)42(39)29-32-49(50)58/h2-32H,1,33H2. The summed E-state index contributed by atoms with van der Waals surface area (Å²) in [6.45, 7) is 4.52. The van der Waals surface area contributed by atoms with Crippen molar-refractivity contribution in [1.82, 2.24) is 8.97 Å². The third-order valence-electron chi connectivity index (χ3n) is 12.0. The van der Waals surface area contributed by atoms with Crippen LogP contribution in [0.15, 0.2) is 203 Å². The summed E-state index contributed by atoms with van der Waals surface area (Å²) < 4.78 is 4.92. The minimum absolute atomic E-state index is 0.503. The lowest BCUT2D eigenvalue weighted by atomic mass is 10.00. The molecule has 3 heterocycles. The van der Waals surface area contributed by atoms with Gasteiger partial charge < -0.3 is 8.97 Å². The molecule has 0 unspecified atom stereocenters. The summed E-state index contributed by atoms with van der Waals surface area (Å²) in [5.41, 5.74) is 10.1. The summed E-state index contributed by atoms with van der Waals surface area (Å²) in [5, 5.41) is 12.2. The van der Waals surface area contributed by atoms with Gasteiger partial charge in [-0.15, -0.1) is 0 Å².